The summed E-state index contributed by atoms with van der Waals surface area (Å²) in [5.74, 6) is -1.16. The monoisotopic (exact) mass is 194 g/mol. The fraction of sp³-hybridized carbons (Fsp3) is 0.857. The Kier molecular flexibility index (Phi) is 4.50. The molecule has 0 bridgehead atoms. The lowest BCUT2D eigenvalue weighted by atomic mass is 10.2. The van der Waals surface area contributed by atoms with Crippen LogP contribution in [0.25, 0.3) is 0 Å². The van der Waals surface area contributed by atoms with E-state index in [1.54, 1.807) is 6.92 Å². The second-order valence-electron chi connectivity index (χ2n) is 2.71. The third-order valence-electron chi connectivity index (χ3n) is 1.79. The van der Waals surface area contributed by atoms with Crippen molar-refractivity contribution < 1.29 is 19.4 Å². The van der Waals surface area contributed by atoms with Gasteiger partial charge in [0.1, 0.15) is 5.66 Å². The second-order valence-corrected chi connectivity index (χ2v) is 5.48. The molecule has 0 spiro atoms. The number of carbonyl (C=O) groups is 1. The Balaban J connectivity index is 4.50. The number of hydrogen-bond donors (Lipinski definition) is 2. The maximum Gasteiger partial charge on any atom is 0.316 e. The number of aliphatic carboxylic acids is 1. The fourth-order valence-electron chi connectivity index (χ4n) is 0.992. The van der Waals surface area contributed by atoms with E-state index in [-0.39, 0.29) is 12.6 Å². The average Bonchev–Trinajstić information content (AvgIpc) is 1.99. The molecule has 0 rings (SSSR count). The number of carboxylic acid groups (broad SMARTS) is 1. The number of carboxylic acids is 1. The summed E-state index contributed by atoms with van der Waals surface area (Å²) in [6.07, 6.45) is 0.919. The smallest absolute Gasteiger partial charge is 0.316 e. The largest absolute Gasteiger partial charge is 0.481 e. The normalized spacial score (nSPS) is 18.2. The van der Waals surface area contributed by atoms with Crippen LogP contribution in [0.5, 0.6) is 0 Å². The van der Waals surface area contributed by atoms with Gasteiger partial charge in [-0.25, -0.2) is 0 Å². The Hall–Kier alpha value is -0.340. The molecule has 0 heterocycles. The highest BCUT2D eigenvalue weighted by atomic mass is 31.2. The number of rotatable bonds is 5. The highest BCUT2D eigenvalue weighted by molar-refractivity contribution is 7.59. The van der Waals surface area contributed by atoms with Gasteiger partial charge in [-0.15, -0.1) is 0 Å². The lowest BCUT2D eigenvalue weighted by Crippen LogP contribution is -2.21. The van der Waals surface area contributed by atoms with Crippen molar-refractivity contribution in [2.45, 2.75) is 32.3 Å². The summed E-state index contributed by atoms with van der Waals surface area (Å²) >= 11 is 0. The molecule has 0 aliphatic heterocycles. The summed E-state index contributed by atoms with van der Waals surface area (Å²) in [4.78, 5) is 19.8. The van der Waals surface area contributed by atoms with Gasteiger partial charge in [-0.2, -0.15) is 0 Å². The molecule has 0 aromatic carbocycles. The molecule has 0 radical (unpaired) electrons. The van der Waals surface area contributed by atoms with Crippen LogP contribution >= 0.6 is 7.37 Å². The highest BCUT2D eigenvalue weighted by Gasteiger charge is 2.34. The van der Waals surface area contributed by atoms with Gasteiger partial charge in [-0.3, -0.25) is 9.36 Å². The van der Waals surface area contributed by atoms with Gasteiger partial charge in [0.05, 0.1) is 0 Å². The van der Waals surface area contributed by atoms with Crippen LogP contribution < -0.4 is 0 Å². The van der Waals surface area contributed by atoms with E-state index in [0.29, 0.717) is 6.42 Å². The molecule has 0 aliphatic carbocycles. The zero-order valence-electron chi connectivity index (χ0n) is 7.36. The summed E-state index contributed by atoms with van der Waals surface area (Å²) in [5, 5.41) is 8.64. The van der Waals surface area contributed by atoms with Crippen molar-refractivity contribution in [3.8, 4) is 0 Å². The second kappa shape index (κ2) is 4.63. The van der Waals surface area contributed by atoms with Crippen molar-refractivity contribution in [3.63, 3.8) is 0 Å². The summed E-state index contributed by atoms with van der Waals surface area (Å²) in [6.45, 7) is 3.33. The Morgan fingerprint density at radius 2 is 2.00 bits per heavy atom. The molecule has 0 aromatic heterocycles. The minimum atomic E-state index is -3.46. The lowest BCUT2D eigenvalue weighted by Gasteiger charge is -2.16. The van der Waals surface area contributed by atoms with Crippen molar-refractivity contribution in [2.75, 3.05) is 6.16 Å². The minimum absolute atomic E-state index is 0.0317. The van der Waals surface area contributed by atoms with Gasteiger partial charge in [0, 0.05) is 6.16 Å². The van der Waals surface area contributed by atoms with Gasteiger partial charge in [-0.05, 0) is 6.42 Å². The van der Waals surface area contributed by atoms with E-state index in [1.165, 1.54) is 6.92 Å². The maximum absolute atomic E-state index is 11.3. The van der Waals surface area contributed by atoms with Crippen LogP contribution in [-0.4, -0.2) is 27.8 Å². The zero-order valence-corrected chi connectivity index (χ0v) is 8.25. The van der Waals surface area contributed by atoms with Gasteiger partial charge in [0.2, 0.25) is 7.37 Å². The van der Waals surface area contributed by atoms with Crippen molar-refractivity contribution >= 4 is 13.3 Å². The van der Waals surface area contributed by atoms with Crippen LogP contribution in [0.4, 0.5) is 0 Å². The Morgan fingerprint density at radius 3 is 2.25 bits per heavy atom. The third kappa shape index (κ3) is 2.95. The average molecular weight is 194 g/mol. The van der Waals surface area contributed by atoms with Crippen LogP contribution in [0, 0.1) is 0 Å². The molecule has 5 heteroatoms. The molecule has 0 aromatic rings. The number of hydrogen-bond acceptors (Lipinski definition) is 2. The lowest BCUT2D eigenvalue weighted by molar-refractivity contribution is -0.136. The van der Waals surface area contributed by atoms with E-state index in [0.717, 1.165) is 0 Å². The highest BCUT2D eigenvalue weighted by Crippen LogP contribution is 2.47. The zero-order chi connectivity index (χ0) is 9.78. The van der Waals surface area contributed by atoms with Crippen LogP contribution in [0.3, 0.4) is 0 Å². The minimum Gasteiger partial charge on any atom is -0.481 e. The van der Waals surface area contributed by atoms with E-state index < -0.39 is 19.0 Å². The van der Waals surface area contributed by atoms with Gasteiger partial charge in [0.15, 0.2) is 0 Å². The van der Waals surface area contributed by atoms with E-state index in [4.69, 9.17) is 5.11 Å². The molecular formula is C7H15O4P. The molecular weight excluding hydrogens is 179 g/mol. The molecule has 0 saturated carbocycles. The first-order valence-electron chi connectivity index (χ1n) is 4.00. The van der Waals surface area contributed by atoms with Crippen LogP contribution in [0.2, 0.25) is 0 Å². The van der Waals surface area contributed by atoms with Crippen LogP contribution in [0.15, 0.2) is 0 Å². The van der Waals surface area contributed by atoms with Gasteiger partial charge >= 0.3 is 5.97 Å². The molecule has 0 saturated heterocycles. The van der Waals surface area contributed by atoms with Crippen LogP contribution in [-0.2, 0) is 9.36 Å². The van der Waals surface area contributed by atoms with Crippen molar-refractivity contribution in [2.24, 2.45) is 0 Å². The van der Waals surface area contributed by atoms with Gasteiger partial charge < -0.3 is 10.00 Å². The molecule has 72 valence electrons. The van der Waals surface area contributed by atoms with E-state index in [1.807, 2.05) is 0 Å². The molecule has 0 aliphatic rings. The predicted octanol–water partition coefficient (Wildman–Crippen LogP) is 1.53. The Labute approximate surface area is 72.1 Å². The standard InChI is InChI=1S/C7H15O4P/c1-3-5-6(7(8)9)12(10,11)4-2/h6H,3-5H2,1-2H3,(H,8,9)(H,10,11). The van der Waals surface area contributed by atoms with Gasteiger partial charge in [0.25, 0.3) is 0 Å². The molecule has 0 fully saturated rings. The van der Waals surface area contributed by atoms with Crippen molar-refractivity contribution in [1.82, 2.24) is 0 Å². The summed E-state index contributed by atoms with van der Waals surface area (Å²) in [5.41, 5.74) is -1.08. The van der Waals surface area contributed by atoms with Crippen LogP contribution in [0.1, 0.15) is 26.7 Å². The first-order chi connectivity index (χ1) is 5.45. The topological polar surface area (TPSA) is 74.6 Å². The van der Waals surface area contributed by atoms with Gasteiger partial charge in [-0.1, -0.05) is 20.3 Å². The Bertz CT molecular complexity index is 202. The molecule has 0 amide bonds. The summed E-state index contributed by atoms with van der Waals surface area (Å²) in [6, 6.07) is 0. The molecule has 2 atom stereocenters. The van der Waals surface area contributed by atoms with E-state index in [9.17, 15) is 14.3 Å². The molecule has 12 heavy (non-hydrogen) atoms. The predicted molar refractivity (Wildman–Crippen MR) is 46.7 cm³/mol. The molecule has 2 N–H and O–H groups in total. The van der Waals surface area contributed by atoms with E-state index in [2.05, 4.69) is 0 Å². The maximum atomic E-state index is 11.3. The molecule has 4 nitrogen and oxygen atoms in total. The quantitative estimate of drug-likeness (QED) is 0.651. The Morgan fingerprint density at radius 1 is 1.50 bits per heavy atom. The fourth-order valence-corrected chi connectivity index (χ4v) is 2.44. The first kappa shape index (κ1) is 11.7. The first-order valence-corrected chi connectivity index (χ1v) is 5.91. The van der Waals surface area contributed by atoms with Crippen molar-refractivity contribution in [3.05, 3.63) is 0 Å². The summed E-state index contributed by atoms with van der Waals surface area (Å²) in [7, 11) is -3.46. The van der Waals surface area contributed by atoms with Crippen molar-refractivity contribution in [1.29, 1.82) is 0 Å². The van der Waals surface area contributed by atoms with E-state index >= 15 is 0 Å². The molecule has 2 unspecified atom stereocenters. The third-order valence-corrected chi connectivity index (χ3v) is 4.15. The SMILES string of the molecule is CCCC(C(=O)O)P(=O)(O)CC. The summed E-state index contributed by atoms with van der Waals surface area (Å²) < 4.78 is 11.3.